The number of anilines is 2. The van der Waals surface area contributed by atoms with Gasteiger partial charge in [-0.15, -0.1) is 10.2 Å². The molecule has 166 valence electrons. The predicted octanol–water partition coefficient (Wildman–Crippen LogP) is 3.04. The van der Waals surface area contributed by atoms with Crippen molar-refractivity contribution in [3.05, 3.63) is 54.4 Å². The second-order valence-corrected chi connectivity index (χ2v) is 8.08. The van der Waals surface area contributed by atoms with Gasteiger partial charge in [-0.05, 0) is 31.2 Å². The van der Waals surface area contributed by atoms with Crippen LogP contribution in [0.15, 0.2) is 53.7 Å². The van der Waals surface area contributed by atoms with E-state index in [1.54, 1.807) is 28.7 Å². The standard InChI is InChI=1S/C22H23N5O4S/c1-14(27-16-9-5-7-11-18(16)31-12-20(27)29)21-24-25-22(26(21)2)32-13-19(28)23-15-8-4-6-10-17(15)30-3/h4-11,14H,12-13H2,1-3H3,(H,23,28)/t14-/m0/s1. The molecule has 0 saturated heterocycles. The number of fused-ring (bicyclic) bond motifs is 1. The average Bonchev–Trinajstić information content (AvgIpc) is 3.17. The van der Waals surface area contributed by atoms with Crippen LogP contribution in [0.5, 0.6) is 11.5 Å². The maximum absolute atomic E-state index is 12.6. The van der Waals surface area contributed by atoms with Crippen molar-refractivity contribution in [2.45, 2.75) is 18.1 Å². The number of hydrogen-bond acceptors (Lipinski definition) is 7. The number of aromatic nitrogens is 3. The van der Waals surface area contributed by atoms with Crippen molar-refractivity contribution in [3.63, 3.8) is 0 Å². The molecule has 1 N–H and O–H groups in total. The fourth-order valence-corrected chi connectivity index (χ4v) is 4.26. The van der Waals surface area contributed by atoms with Crippen LogP contribution >= 0.6 is 11.8 Å². The van der Waals surface area contributed by atoms with Crippen molar-refractivity contribution in [3.8, 4) is 11.5 Å². The van der Waals surface area contributed by atoms with E-state index in [4.69, 9.17) is 9.47 Å². The third-order valence-corrected chi connectivity index (χ3v) is 6.11. The Labute approximate surface area is 189 Å². The molecule has 2 amide bonds. The first-order valence-electron chi connectivity index (χ1n) is 9.98. The molecule has 0 radical (unpaired) electrons. The number of benzene rings is 2. The number of amides is 2. The molecule has 0 aliphatic carbocycles. The Kier molecular flexibility index (Phi) is 6.31. The van der Waals surface area contributed by atoms with E-state index in [1.807, 2.05) is 50.4 Å². The number of carbonyl (C=O) groups is 2. The second kappa shape index (κ2) is 9.31. The summed E-state index contributed by atoms with van der Waals surface area (Å²) in [4.78, 5) is 26.7. The van der Waals surface area contributed by atoms with Gasteiger partial charge >= 0.3 is 0 Å². The SMILES string of the molecule is COc1ccccc1NC(=O)CSc1nnc([C@H](C)N2C(=O)COc3ccccc32)n1C. The number of methoxy groups -OCH3 is 1. The smallest absolute Gasteiger partial charge is 0.265 e. The zero-order chi connectivity index (χ0) is 22.7. The minimum absolute atomic E-state index is 0.0239. The van der Waals surface area contributed by atoms with E-state index < -0.39 is 0 Å². The molecule has 0 bridgehead atoms. The summed E-state index contributed by atoms with van der Waals surface area (Å²) in [5.41, 5.74) is 1.31. The lowest BCUT2D eigenvalue weighted by Gasteiger charge is -2.33. The summed E-state index contributed by atoms with van der Waals surface area (Å²) in [6, 6.07) is 14.3. The van der Waals surface area contributed by atoms with E-state index in [-0.39, 0.29) is 30.2 Å². The maximum atomic E-state index is 12.6. The molecular formula is C22H23N5O4S. The molecule has 2 heterocycles. The lowest BCUT2D eigenvalue weighted by molar-refractivity contribution is -0.121. The van der Waals surface area contributed by atoms with Gasteiger partial charge in [-0.25, -0.2) is 0 Å². The fraction of sp³-hybridized carbons (Fsp3) is 0.273. The van der Waals surface area contributed by atoms with Gasteiger partial charge in [-0.2, -0.15) is 0 Å². The van der Waals surface area contributed by atoms with Crippen LogP contribution in [0.3, 0.4) is 0 Å². The first kappa shape index (κ1) is 21.7. The Morgan fingerprint density at radius 2 is 1.97 bits per heavy atom. The van der Waals surface area contributed by atoms with E-state index in [9.17, 15) is 9.59 Å². The van der Waals surface area contributed by atoms with Crippen LogP contribution in [0, 0.1) is 0 Å². The molecule has 0 spiro atoms. The molecule has 10 heteroatoms. The number of ether oxygens (including phenoxy) is 2. The van der Waals surface area contributed by atoms with Crippen molar-refractivity contribution in [2.75, 3.05) is 29.7 Å². The Balaban J connectivity index is 1.46. The van der Waals surface area contributed by atoms with E-state index in [2.05, 4.69) is 15.5 Å². The first-order chi connectivity index (χ1) is 15.5. The number of thioether (sulfide) groups is 1. The van der Waals surface area contributed by atoms with Crippen LogP contribution in [0.1, 0.15) is 18.8 Å². The quantitative estimate of drug-likeness (QED) is 0.549. The number of rotatable bonds is 7. The lowest BCUT2D eigenvalue weighted by Crippen LogP contribution is -2.41. The van der Waals surface area contributed by atoms with E-state index in [0.29, 0.717) is 33.9 Å². The number of hydrogen-bond donors (Lipinski definition) is 1. The second-order valence-electron chi connectivity index (χ2n) is 7.13. The molecule has 9 nitrogen and oxygen atoms in total. The van der Waals surface area contributed by atoms with Crippen molar-refractivity contribution < 1.29 is 19.1 Å². The number of nitrogens with one attached hydrogen (secondary N) is 1. The minimum Gasteiger partial charge on any atom is -0.495 e. The molecule has 2 aromatic carbocycles. The Morgan fingerprint density at radius 3 is 2.78 bits per heavy atom. The van der Waals surface area contributed by atoms with E-state index >= 15 is 0 Å². The summed E-state index contributed by atoms with van der Waals surface area (Å²) in [6.07, 6.45) is 0. The molecule has 1 aliphatic rings. The summed E-state index contributed by atoms with van der Waals surface area (Å²) in [7, 11) is 3.38. The van der Waals surface area contributed by atoms with Gasteiger partial charge in [-0.1, -0.05) is 36.0 Å². The topological polar surface area (TPSA) is 98.6 Å². The summed E-state index contributed by atoms with van der Waals surface area (Å²) in [5, 5.41) is 11.9. The van der Waals surface area contributed by atoms with Gasteiger partial charge in [0.15, 0.2) is 17.6 Å². The molecule has 1 atom stereocenters. The van der Waals surface area contributed by atoms with E-state index in [1.165, 1.54) is 11.8 Å². The summed E-state index contributed by atoms with van der Waals surface area (Å²) < 4.78 is 12.6. The highest BCUT2D eigenvalue weighted by molar-refractivity contribution is 7.99. The van der Waals surface area contributed by atoms with Gasteiger partial charge in [0.2, 0.25) is 5.91 Å². The summed E-state index contributed by atoms with van der Waals surface area (Å²) >= 11 is 1.27. The Bertz CT molecular complexity index is 1150. The number of nitrogens with zero attached hydrogens (tertiary/aromatic N) is 4. The van der Waals surface area contributed by atoms with Gasteiger partial charge in [0, 0.05) is 7.05 Å². The molecule has 3 aromatic rings. The molecule has 4 rings (SSSR count). The largest absolute Gasteiger partial charge is 0.495 e. The van der Waals surface area contributed by atoms with Crippen molar-refractivity contribution in [2.24, 2.45) is 7.05 Å². The molecule has 0 fully saturated rings. The lowest BCUT2D eigenvalue weighted by atomic mass is 10.1. The minimum atomic E-state index is -0.359. The highest BCUT2D eigenvalue weighted by Crippen LogP contribution is 2.37. The van der Waals surface area contributed by atoms with Crippen LogP contribution in [0.2, 0.25) is 0 Å². The van der Waals surface area contributed by atoms with Crippen LogP contribution in [0.4, 0.5) is 11.4 Å². The molecule has 1 aromatic heterocycles. The zero-order valence-corrected chi connectivity index (χ0v) is 18.8. The monoisotopic (exact) mass is 453 g/mol. The summed E-state index contributed by atoms with van der Waals surface area (Å²) in [5.74, 6) is 1.68. The molecule has 0 saturated carbocycles. The van der Waals surface area contributed by atoms with Gasteiger partial charge in [0.05, 0.1) is 30.3 Å². The number of para-hydroxylation sites is 4. The van der Waals surface area contributed by atoms with Gasteiger partial charge in [-0.3, -0.25) is 14.5 Å². The van der Waals surface area contributed by atoms with Crippen molar-refractivity contribution in [1.82, 2.24) is 14.8 Å². The van der Waals surface area contributed by atoms with Crippen LogP contribution in [0.25, 0.3) is 0 Å². The molecule has 0 unspecified atom stereocenters. The van der Waals surface area contributed by atoms with Crippen molar-refractivity contribution in [1.29, 1.82) is 0 Å². The molecule has 1 aliphatic heterocycles. The molecular weight excluding hydrogens is 430 g/mol. The van der Waals surface area contributed by atoms with Crippen molar-refractivity contribution >= 4 is 35.0 Å². The van der Waals surface area contributed by atoms with Crippen LogP contribution < -0.4 is 19.7 Å². The third-order valence-electron chi connectivity index (χ3n) is 5.09. The summed E-state index contributed by atoms with van der Waals surface area (Å²) in [6.45, 7) is 1.87. The predicted molar refractivity (Wildman–Crippen MR) is 121 cm³/mol. The van der Waals surface area contributed by atoms with Crippen LogP contribution in [-0.2, 0) is 16.6 Å². The van der Waals surface area contributed by atoms with Gasteiger partial charge in [0.1, 0.15) is 11.5 Å². The Hall–Kier alpha value is -3.53. The van der Waals surface area contributed by atoms with Crippen LogP contribution in [-0.4, -0.2) is 46.0 Å². The first-order valence-corrected chi connectivity index (χ1v) is 11.0. The average molecular weight is 454 g/mol. The normalized spacial score (nSPS) is 13.8. The third kappa shape index (κ3) is 4.26. The molecule has 32 heavy (non-hydrogen) atoms. The highest BCUT2D eigenvalue weighted by Gasteiger charge is 2.32. The van der Waals surface area contributed by atoms with Gasteiger partial charge in [0.25, 0.3) is 5.91 Å². The maximum Gasteiger partial charge on any atom is 0.265 e. The number of carbonyl (C=O) groups excluding carboxylic acids is 2. The Morgan fingerprint density at radius 1 is 1.22 bits per heavy atom. The fourth-order valence-electron chi connectivity index (χ4n) is 3.54. The zero-order valence-electron chi connectivity index (χ0n) is 17.9. The van der Waals surface area contributed by atoms with Gasteiger partial charge < -0.3 is 19.4 Å². The highest BCUT2D eigenvalue weighted by atomic mass is 32.2. The van der Waals surface area contributed by atoms with E-state index in [0.717, 1.165) is 0 Å².